The van der Waals surface area contributed by atoms with Gasteiger partial charge >= 0.3 is 6.03 Å². The number of imide groups is 1. The standard InChI is InChI=1S/C21H23N3O4/c1-21(13-15-9-7-8-12-17(15)28-3)19(26)24(20(27)22-21)14-18(25)23(2)16-10-5-4-6-11-16/h4-12H,13-14H2,1-3H3,(H,22,27)/t21-/m0/s1. The van der Waals surface area contributed by atoms with Crippen LogP contribution in [0.1, 0.15) is 12.5 Å². The number of carbonyl (C=O) groups is 3. The number of hydrogen-bond donors (Lipinski definition) is 1. The smallest absolute Gasteiger partial charge is 0.325 e. The van der Waals surface area contributed by atoms with Crippen LogP contribution in [0.3, 0.4) is 0 Å². The first-order chi connectivity index (χ1) is 13.4. The molecule has 1 saturated heterocycles. The molecule has 3 rings (SSSR count). The van der Waals surface area contributed by atoms with E-state index < -0.39 is 17.5 Å². The fourth-order valence-electron chi connectivity index (χ4n) is 3.28. The van der Waals surface area contributed by atoms with Crippen LogP contribution in [0, 0.1) is 0 Å². The van der Waals surface area contributed by atoms with Crippen molar-refractivity contribution in [2.45, 2.75) is 18.9 Å². The fraction of sp³-hybridized carbons (Fsp3) is 0.286. The minimum atomic E-state index is -1.14. The molecule has 7 nitrogen and oxygen atoms in total. The van der Waals surface area contributed by atoms with Gasteiger partial charge in [0.25, 0.3) is 5.91 Å². The van der Waals surface area contributed by atoms with Gasteiger partial charge in [0.05, 0.1) is 7.11 Å². The summed E-state index contributed by atoms with van der Waals surface area (Å²) in [7, 11) is 3.17. The van der Waals surface area contributed by atoms with E-state index in [0.29, 0.717) is 11.4 Å². The molecule has 0 saturated carbocycles. The van der Waals surface area contributed by atoms with Gasteiger partial charge in [-0.2, -0.15) is 0 Å². The van der Waals surface area contributed by atoms with Gasteiger partial charge in [0, 0.05) is 19.2 Å². The van der Waals surface area contributed by atoms with Gasteiger partial charge in [-0.1, -0.05) is 36.4 Å². The Balaban J connectivity index is 1.75. The Hall–Kier alpha value is -3.35. The second-order valence-electron chi connectivity index (χ2n) is 6.93. The van der Waals surface area contributed by atoms with E-state index in [2.05, 4.69) is 5.32 Å². The lowest BCUT2D eigenvalue weighted by Gasteiger charge is -2.23. The molecular formula is C21H23N3O4. The molecule has 4 amide bonds. The predicted molar refractivity (Wildman–Crippen MR) is 105 cm³/mol. The van der Waals surface area contributed by atoms with Crippen molar-refractivity contribution in [3.05, 3.63) is 60.2 Å². The van der Waals surface area contributed by atoms with Crippen LogP contribution in [0.5, 0.6) is 5.75 Å². The Labute approximate surface area is 163 Å². The number of anilines is 1. The van der Waals surface area contributed by atoms with E-state index in [1.807, 2.05) is 36.4 Å². The second kappa shape index (κ2) is 7.72. The molecular weight excluding hydrogens is 358 g/mol. The molecule has 1 atom stereocenters. The van der Waals surface area contributed by atoms with Crippen LogP contribution in [-0.2, 0) is 16.0 Å². The Kier molecular flexibility index (Phi) is 5.35. The SMILES string of the molecule is COc1ccccc1C[C@]1(C)NC(=O)N(CC(=O)N(C)c2ccccc2)C1=O. The van der Waals surface area contributed by atoms with Gasteiger partial charge in [0.2, 0.25) is 5.91 Å². The third-order valence-corrected chi connectivity index (χ3v) is 4.89. The molecule has 0 aliphatic carbocycles. The zero-order chi connectivity index (χ0) is 20.3. The maximum Gasteiger partial charge on any atom is 0.325 e. The number of likely N-dealkylation sites (N-methyl/N-ethyl adjacent to an activating group) is 1. The number of amides is 4. The summed E-state index contributed by atoms with van der Waals surface area (Å²) < 4.78 is 5.34. The first-order valence-electron chi connectivity index (χ1n) is 8.93. The maximum atomic E-state index is 13.0. The van der Waals surface area contributed by atoms with Crippen molar-refractivity contribution in [3.63, 3.8) is 0 Å². The number of ether oxygens (including phenoxy) is 1. The molecule has 2 aromatic carbocycles. The lowest BCUT2D eigenvalue weighted by molar-refractivity contribution is -0.133. The van der Waals surface area contributed by atoms with Crippen molar-refractivity contribution in [1.82, 2.24) is 10.2 Å². The van der Waals surface area contributed by atoms with Crippen LogP contribution in [-0.4, -0.2) is 49.0 Å². The van der Waals surface area contributed by atoms with Crippen LogP contribution >= 0.6 is 0 Å². The third kappa shape index (κ3) is 3.69. The van der Waals surface area contributed by atoms with Crippen LogP contribution < -0.4 is 15.0 Å². The number of para-hydroxylation sites is 2. The van der Waals surface area contributed by atoms with Crippen LogP contribution in [0.25, 0.3) is 0 Å². The van der Waals surface area contributed by atoms with Gasteiger partial charge in [0.1, 0.15) is 17.8 Å². The van der Waals surface area contributed by atoms with Crippen molar-refractivity contribution in [3.8, 4) is 5.75 Å². The summed E-state index contributed by atoms with van der Waals surface area (Å²) in [5, 5.41) is 2.73. The molecule has 1 aliphatic rings. The maximum absolute atomic E-state index is 13.0. The van der Waals surface area contributed by atoms with Crippen LogP contribution in [0.15, 0.2) is 54.6 Å². The average Bonchev–Trinajstić information content (AvgIpc) is 2.91. The summed E-state index contributed by atoms with van der Waals surface area (Å²) in [6, 6.07) is 15.8. The molecule has 1 fully saturated rings. The number of urea groups is 1. The topological polar surface area (TPSA) is 79.0 Å². The summed E-state index contributed by atoms with van der Waals surface area (Å²) in [6.45, 7) is 1.34. The first kappa shape index (κ1) is 19.4. The van der Waals surface area contributed by atoms with E-state index in [1.165, 1.54) is 4.90 Å². The van der Waals surface area contributed by atoms with E-state index in [4.69, 9.17) is 4.74 Å². The Morgan fingerprint density at radius 1 is 1.11 bits per heavy atom. The van der Waals surface area contributed by atoms with Crippen LogP contribution in [0.2, 0.25) is 0 Å². The highest BCUT2D eigenvalue weighted by Gasteiger charge is 2.48. The second-order valence-corrected chi connectivity index (χ2v) is 6.93. The van der Waals surface area contributed by atoms with Gasteiger partial charge < -0.3 is 15.0 Å². The van der Waals surface area contributed by atoms with E-state index in [0.717, 1.165) is 10.5 Å². The first-order valence-corrected chi connectivity index (χ1v) is 8.93. The Bertz CT molecular complexity index is 900. The highest BCUT2D eigenvalue weighted by Crippen LogP contribution is 2.27. The Morgan fingerprint density at radius 2 is 1.75 bits per heavy atom. The normalized spacial score (nSPS) is 18.8. The molecule has 1 N–H and O–H groups in total. The van der Waals surface area contributed by atoms with Crippen molar-refractivity contribution in [2.24, 2.45) is 0 Å². The summed E-state index contributed by atoms with van der Waals surface area (Å²) in [5.74, 6) is -0.140. The molecule has 1 heterocycles. The zero-order valence-electron chi connectivity index (χ0n) is 16.1. The van der Waals surface area contributed by atoms with E-state index in [-0.39, 0.29) is 18.9 Å². The summed E-state index contributed by atoms with van der Waals surface area (Å²) in [6.07, 6.45) is 0.265. The van der Waals surface area contributed by atoms with Crippen molar-refractivity contribution < 1.29 is 19.1 Å². The van der Waals surface area contributed by atoms with E-state index in [9.17, 15) is 14.4 Å². The lowest BCUT2D eigenvalue weighted by atomic mass is 9.92. The highest BCUT2D eigenvalue weighted by atomic mass is 16.5. The quantitative estimate of drug-likeness (QED) is 0.778. The molecule has 2 aromatic rings. The van der Waals surface area contributed by atoms with E-state index in [1.54, 1.807) is 39.3 Å². The summed E-state index contributed by atoms with van der Waals surface area (Å²) in [4.78, 5) is 40.4. The molecule has 28 heavy (non-hydrogen) atoms. The number of nitrogens with one attached hydrogen (secondary N) is 1. The van der Waals surface area contributed by atoms with Crippen LogP contribution in [0.4, 0.5) is 10.5 Å². The summed E-state index contributed by atoms with van der Waals surface area (Å²) >= 11 is 0. The summed E-state index contributed by atoms with van der Waals surface area (Å²) in [5.41, 5.74) is 0.351. The molecule has 146 valence electrons. The number of benzene rings is 2. The van der Waals surface area contributed by atoms with E-state index >= 15 is 0 Å². The predicted octanol–water partition coefficient (Wildman–Crippen LogP) is 2.21. The van der Waals surface area contributed by atoms with Gasteiger partial charge in [-0.15, -0.1) is 0 Å². The monoisotopic (exact) mass is 381 g/mol. The molecule has 1 aliphatic heterocycles. The number of nitrogens with zero attached hydrogens (tertiary/aromatic N) is 2. The third-order valence-electron chi connectivity index (χ3n) is 4.89. The number of rotatable bonds is 6. The van der Waals surface area contributed by atoms with Crippen molar-refractivity contribution in [1.29, 1.82) is 0 Å². The lowest BCUT2D eigenvalue weighted by Crippen LogP contribution is -2.47. The molecule has 0 unspecified atom stereocenters. The number of carbonyl (C=O) groups excluding carboxylic acids is 3. The van der Waals surface area contributed by atoms with Gasteiger partial charge in [-0.25, -0.2) is 4.79 Å². The molecule has 0 aromatic heterocycles. The molecule has 0 bridgehead atoms. The minimum absolute atomic E-state index is 0.265. The van der Waals surface area contributed by atoms with Crippen molar-refractivity contribution in [2.75, 3.05) is 25.6 Å². The minimum Gasteiger partial charge on any atom is -0.496 e. The number of methoxy groups -OCH3 is 1. The fourth-order valence-corrected chi connectivity index (χ4v) is 3.28. The van der Waals surface area contributed by atoms with Gasteiger partial charge in [-0.05, 0) is 30.7 Å². The average molecular weight is 381 g/mol. The molecule has 0 spiro atoms. The highest BCUT2D eigenvalue weighted by molar-refractivity contribution is 6.10. The van der Waals surface area contributed by atoms with Gasteiger partial charge in [0.15, 0.2) is 0 Å². The Morgan fingerprint density at radius 3 is 2.43 bits per heavy atom. The van der Waals surface area contributed by atoms with Gasteiger partial charge in [-0.3, -0.25) is 14.5 Å². The number of hydrogen-bond acceptors (Lipinski definition) is 4. The largest absolute Gasteiger partial charge is 0.496 e. The molecule has 7 heteroatoms. The van der Waals surface area contributed by atoms with Crippen molar-refractivity contribution >= 4 is 23.5 Å². The zero-order valence-corrected chi connectivity index (χ0v) is 16.1. The molecule has 0 radical (unpaired) electrons.